The zero-order valence-electron chi connectivity index (χ0n) is 10.9. The maximum Gasteiger partial charge on any atom is 0.188 e. The van der Waals surface area contributed by atoms with Gasteiger partial charge in [-0.05, 0) is 42.5 Å². The normalized spacial score (nSPS) is 11.1. The maximum atomic E-state index is 4.60. The number of pyridine rings is 1. The Hall–Kier alpha value is -1.98. The molecule has 0 spiro atoms. The van der Waals surface area contributed by atoms with Crippen molar-refractivity contribution in [2.75, 3.05) is 5.32 Å². The molecule has 0 aliphatic heterocycles. The molecule has 2 heterocycles. The van der Waals surface area contributed by atoms with Gasteiger partial charge in [-0.25, -0.2) is 4.98 Å². The molecule has 0 bridgehead atoms. The molecule has 0 aliphatic rings. The van der Waals surface area contributed by atoms with Gasteiger partial charge in [0.25, 0.3) is 0 Å². The van der Waals surface area contributed by atoms with Gasteiger partial charge >= 0.3 is 0 Å². The minimum atomic E-state index is 0.895. The molecule has 0 saturated carbocycles. The number of halogens is 1. The third kappa shape index (κ3) is 2.50. The topological polar surface area (TPSA) is 37.8 Å². The molecule has 2 aromatic carbocycles. The summed E-state index contributed by atoms with van der Waals surface area (Å²) in [5.74, 6) is 0. The minimum Gasteiger partial charge on any atom is -0.332 e. The number of anilines is 2. The highest BCUT2D eigenvalue weighted by molar-refractivity contribution is 9.10. The van der Waals surface area contributed by atoms with E-state index in [1.807, 2.05) is 30.3 Å². The minimum absolute atomic E-state index is 0.895. The molecule has 0 atom stereocenters. The second kappa shape index (κ2) is 5.09. The summed E-state index contributed by atoms with van der Waals surface area (Å²) < 4.78 is 2.23. The molecule has 5 heteroatoms. The summed E-state index contributed by atoms with van der Waals surface area (Å²) in [6.07, 6.45) is 1.81. The van der Waals surface area contributed by atoms with Crippen molar-refractivity contribution in [1.82, 2.24) is 9.97 Å². The Kier molecular flexibility index (Phi) is 3.09. The standard InChI is InChI=1S/C16H10BrN3S/c17-11-3-5-14-15(9-11)21-16(20-14)19-12-4-6-13-10(8-12)2-1-7-18-13/h1-9H,(H,19,20). The molecule has 1 N–H and O–H groups in total. The molecule has 102 valence electrons. The molecule has 4 aromatic rings. The van der Waals surface area contributed by atoms with E-state index in [1.54, 1.807) is 17.5 Å². The Labute approximate surface area is 133 Å². The highest BCUT2D eigenvalue weighted by atomic mass is 79.9. The van der Waals surface area contributed by atoms with Crippen molar-refractivity contribution < 1.29 is 0 Å². The quantitative estimate of drug-likeness (QED) is 0.526. The largest absolute Gasteiger partial charge is 0.332 e. The Morgan fingerprint density at radius 3 is 2.86 bits per heavy atom. The van der Waals surface area contributed by atoms with Crippen LogP contribution in [0.1, 0.15) is 0 Å². The van der Waals surface area contributed by atoms with Gasteiger partial charge in [0, 0.05) is 21.7 Å². The number of hydrogen-bond acceptors (Lipinski definition) is 4. The number of hydrogen-bond donors (Lipinski definition) is 1. The summed E-state index contributed by atoms with van der Waals surface area (Å²) in [4.78, 5) is 8.93. The molecule has 0 fully saturated rings. The van der Waals surface area contributed by atoms with Crippen LogP contribution in [0.15, 0.2) is 59.2 Å². The maximum absolute atomic E-state index is 4.60. The highest BCUT2D eigenvalue weighted by Gasteiger charge is 2.05. The second-order valence-corrected chi connectivity index (χ2v) is 6.61. The number of rotatable bonds is 2. The van der Waals surface area contributed by atoms with E-state index < -0.39 is 0 Å². The van der Waals surface area contributed by atoms with E-state index in [4.69, 9.17) is 0 Å². The molecule has 0 amide bonds. The van der Waals surface area contributed by atoms with Crippen molar-refractivity contribution in [2.45, 2.75) is 0 Å². The third-order valence-corrected chi connectivity index (χ3v) is 4.63. The van der Waals surface area contributed by atoms with Crippen LogP contribution in [-0.4, -0.2) is 9.97 Å². The van der Waals surface area contributed by atoms with Crippen LogP contribution in [0.2, 0.25) is 0 Å². The summed E-state index contributed by atoms with van der Waals surface area (Å²) in [5, 5.41) is 5.38. The van der Waals surface area contributed by atoms with Crippen LogP contribution in [0, 0.1) is 0 Å². The average Bonchev–Trinajstić information content (AvgIpc) is 2.88. The molecule has 4 rings (SSSR count). The fourth-order valence-corrected chi connectivity index (χ4v) is 3.67. The van der Waals surface area contributed by atoms with Crippen molar-refractivity contribution in [1.29, 1.82) is 0 Å². The number of benzene rings is 2. The molecule has 0 saturated heterocycles. The zero-order valence-corrected chi connectivity index (χ0v) is 13.3. The first-order valence-corrected chi connectivity index (χ1v) is 8.07. The van der Waals surface area contributed by atoms with Crippen LogP contribution < -0.4 is 5.32 Å². The van der Waals surface area contributed by atoms with Gasteiger partial charge in [0.2, 0.25) is 0 Å². The van der Waals surface area contributed by atoms with Crippen LogP contribution in [-0.2, 0) is 0 Å². The van der Waals surface area contributed by atoms with Gasteiger partial charge in [0.05, 0.1) is 15.7 Å². The van der Waals surface area contributed by atoms with Crippen molar-refractivity contribution >= 4 is 59.2 Å². The van der Waals surface area contributed by atoms with E-state index in [0.717, 1.165) is 36.4 Å². The molecule has 2 aromatic heterocycles. The van der Waals surface area contributed by atoms with Crippen LogP contribution >= 0.6 is 27.3 Å². The van der Waals surface area contributed by atoms with Gasteiger partial charge in [0.1, 0.15) is 0 Å². The highest BCUT2D eigenvalue weighted by Crippen LogP contribution is 2.30. The van der Waals surface area contributed by atoms with E-state index in [-0.39, 0.29) is 0 Å². The molecule has 3 nitrogen and oxygen atoms in total. The van der Waals surface area contributed by atoms with E-state index in [1.165, 1.54) is 0 Å². The van der Waals surface area contributed by atoms with Gasteiger partial charge in [-0.2, -0.15) is 0 Å². The summed E-state index contributed by atoms with van der Waals surface area (Å²) in [6.45, 7) is 0. The van der Waals surface area contributed by atoms with E-state index in [9.17, 15) is 0 Å². The third-order valence-electron chi connectivity index (χ3n) is 3.20. The lowest BCUT2D eigenvalue weighted by Gasteiger charge is -2.03. The van der Waals surface area contributed by atoms with Gasteiger partial charge < -0.3 is 5.32 Å². The molecule has 0 unspecified atom stereocenters. The molecular formula is C16H10BrN3S. The summed E-state index contributed by atoms with van der Waals surface area (Å²) >= 11 is 5.13. The molecule has 0 radical (unpaired) electrons. The van der Waals surface area contributed by atoms with E-state index in [2.05, 4.69) is 49.4 Å². The van der Waals surface area contributed by atoms with Crippen molar-refractivity contribution in [3.63, 3.8) is 0 Å². The SMILES string of the molecule is Brc1ccc2nc(Nc3ccc4ncccc4c3)sc2c1. The van der Waals surface area contributed by atoms with Gasteiger partial charge in [-0.1, -0.05) is 33.3 Å². The monoisotopic (exact) mass is 355 g/mol. The number of thiazole rings is 1. The number of aromatic nitrogens is 2. The average molecular weight is 356 g/mol. The Balaban J connectivity index is 1.71. The van der Waals surface area contributed by atoms with Gasteiger partial charge in [-0.15, -0.1) is 0 Å². The predicted octanol–water partition coefficient (Wildman–Crippen LogP) is 5.35. The summed E-state index contributed by atoms with van der Waals surface area (Å²) in [6, 6.07) is 16.2. The number of nitrogens with one attached hydrogen (secondary N) is 1. The van der Waals surface area contributed by atoms with Crippen molar-refractivity contribution in [3.05, 3.63) is 59.2 Å². The van der Waals surface area contributed by atoms with Crippen LogP contribution in [0.25, 0.3) is 21.1 Å². The lowest BCUT2D eigenvalue weighted by Crippen LogP contribution is -1.89. The Morgan fingerprint density at radius 2 is 1.90 bits per heavy atom. The smallest absolute Gasteiger partial charge is 0.188 e. The Morgan fingerprint density at radius 1 is 1.00 bits per heavy atom. The van der Waals surface area contributed by atoms with Crippen LogP contribution in [0.5, 0.6) is 0 Å². The van der Waals surface area contributed by atoms with Gasteiger partial charge in [0.15, 0.2) is 5.13 Å². The van der Waals surface area contributed by atoms with Crippen LogP contribution in [0.3, 0.4) is 0 Å². The molecule has 21 heavy (non-hydrogen) atoms. The predicted molar refractivity (Wildman–Crippen MR) is 92.3 cm³/mol. The molecule has 0 aliphatic carbocycles. The number of fused-ring (bicyclic) bond motifs is 2. The van der Waals surface area contributed by atoms with Crippen LogP contribution in [0.4, 0.5) is 10.8 Å². The first-order valence-electron chi connectivity index (χ1n) is 6.46. The fraction of sp³-hybridized carbons (Fsp3) is 0. The Bertz CT molecular complexity index is 948. The lowest BCUT2D eigenvalue weighted by molar-refractivity contribution is 1.40. The molecular weight excluding hydrogens is 346 g/mol. The number of nitrogens with zero attached hydrogens (tertiary/aromatic N) is 2. The lowest BCUT2D eigenvalue weighted by atomic mass is 10.2. The zero-order chi connectivity index (χ0) is 14.2. The first kappa shape index (κ1) is 12.7. The first-order chi connectivity index (χ1) is 10.3. The van der Waals surface area contributed by atoms with Crippen molar-refractivity contribution in [2.24, 2.45) is 0 Å². The second-order valence-electron chi connectivity index (χ2n) is 4.67. The summed E-state index contributed by atoms with van der Waals surface area (Å²) in [7, 11) is 0. The van der Waals surface area contributed by atoms with E-state index >= 15 is 0 Å². The van der Waals surface area contributed by atoms with Crippen molar-refractivity contribution in [3.8, 4) is 0 Å². The van der Waals surface area contributed by atoms with Gasteiger partial charge in [-0.3, -0.25) is 4.98 Å². The summed E-state index contributed by atoms with van der Waals surface area (Å²) in [5.41, 5.74) is 3.03. The fourth-order valence-electron chi connectivity index (χ4n) is 2.23. The van der Waals surface area contributed by atoms with E-state index in [0.29, 0.717) is 0 Å².